The molecule has 3 aromatic rings. The van der Waals surface area contributed by atoms with E-state index in [9.17, 15) is 0 Å². The second kappa shape index (κ2) is 7.73. The highest BCUT2D eigenvalue weighted by atomic mass is 16.5. The van der Waals surface area contributed by atoms with Gasteiger partial charge in [-0.15, -0.1) is 0 Å². The Balaban J connectivity index is 2.02. The van der Waals surface area contributed by atoms with Gasteiger partial charge >= 0.3 is 0 Å². The monoisotopic (exact) mass is 365 g/mol. The number of rotatable bonds is 5. The Bertz CT molecular complexity index is 1000. The maximum atomic E-state index is 7.74. The molecule has 2 heterocycles. The number of hydrogen-bond acceptors (Lipinski definition) is 9. The van der Waals surface area contributed by atoms with Gasteiger partial charge in [0.25, 0.3) is 0 Å². The Morgan fingerprint density at radius 2 is 1.85 bits per heavy atom. The van der Waals surface area contributed by atoms with Gasteiger partial charge in [-0.1, -0.05) is 0 Å². The summed E-state index contributed by atoms with van der Waals surface area (Å²) in [6.45, 7) is 3.47. The van der Waals surface area contributed by atoms with E-state index in [0.29, 0.717) is 28.3 Å². The molecular weight excluding hydrogens is 346 g/mol. The molecular formula is C18H19N7O2. The molecule has 3 rings (SSSR count). The van der Waals surface area contributed by atoms with Crippen molar-refractivity contribution in [2.45, 2.75) is 13.8 Å². The van der Waals surface area contributed by atoms with Crippen molar-refractivity contribution in [1.29, 1.82) is 10.8 Å². The molecule has 0 bridgehead atoms. The molecule has 27 heavy (non-hydrogen) atoms. The van der Waals surface area contributed by atoms with E-state index in [0.717, 1.165) is 11.1 Å². The van der Waals surface area contributed by atoms with Crippen molar-refractivity contribution in [2.24, 2.45) is 0 Å². The Labute approximate surface area is 155 Å². The number of nitrogens with zero attached hydrogens (tertiary/aromatic N) is 4. The Hall–Kier alpha value is -3.62. The molecule has 0 aliphatic heterocycles. The molecule has 0 aliphatic rings. The molecule has 3 N–H and O–H groups in total. The largest absolute Gasteiger partial charge is 0.494 e. The van der Waals surface area contributed by atoms with Crippen LogP contribution < -0.4 is 10.1 Å². The van der Waals surface area contributed by atoms with E-state index < -0.39 is 0 Å². The van der Waals surface area contributed by atoms with Gasteiger partial charge in [0.05, 0.1) is 13.7 Å². The van der Waals surface area contributed by atoms with Crippen molar-refractivity contribution in [3.05, 3.63) is 36.4 Å². The molecule has 138 valence electrons. The van der Waals surface area contributed by atoms with E-state index in [-0.39, 0.29) is 18.3 Å². The lowest BCUT2D eigenvalue weighted by Crippen LogP contribution is -2.18. The van der Waals surface area contributed by atoms with Gasteiger partial charge in [0.15, 0.2) is 11.7 Å². The topological polar surface area (TPSA) is 130 Å². The van der Waals surface area contributed by atoms with Gasteiger partial charge in [-0.2, -0.15) is 0 Å². The van der Waals surface area contributed by atoms with E-state index in [1.54, 1.807) is 19.5 Å². The molecule has 0 amide bonds. The fourth-order valence-electron chi connectivity index (χ4n) is 2.49. The predicted molar refractivity (Wildman–Crippen MR) is 103 cm³/mol. The summed E-state index contributed by atoms with van der Waals surface area (Å²) in [5, 5.41) is 18.8. The van der Waals surface area contributed by atoms with Crippen LogP contribution in [0.3, 0.4) is 0 Å². The molecule has 0 saturated heterocycles. The Kier molecular flexibility index (Phi) is 5.20. The third kappa shape index (κ3) is 4.14. The van der Waals surface area contributed by atoms with Crippen LogP contribution in [0.2, 0.25) is 0 Å². The maximum Gasteiger partial charge on any atom is 0.208 e. The molecule has 1 aromatic carbocycles. The SMILES string of the molecule is COc1cc(-c2ncc(C)cn2)cc2c(NCC(=N)OC(C)=N)ncnc12. The number of aromatic nitrogens is 4. The van der Waals surface area contributed by atoms with Gasteiger partial charge in [0, 0.05) is 30.3 Å². The highest BCUT2D eigenvalue weighted by molar-refractivity contribution is 5.97. The first-order chi connectivity index (χ1) is 13.0. The maximum absolute atomic E-state index is 7.74. The zero-order valence-corrected chi connectivity index (χ0v) is 15.2. The summed E-state index contributed by atoms with van der Waals surface area (Å²) in [6.07, 6.45) is 4.91. The summed E-state index contributed by atoms with van der Waals surface area (Å²) < 4.78 is 10.4. The number of fused-ring (bicyclic) bond motifs is 1. The van der Waals surface area contributed by atoms with Crippen molar-refractivity contribution in [3.8, 4) is 17.1 Å². The summed E-state index contributed by atoms with van der Waals surface area (Å²) in [7, 11) is 1.57. The first kappa shape index (κ1) is 18.2. The molecule has 9 heteroatoms. The second-order valence-corrected chi connectivity index (χ2v) is 5.82. The molecule has 2 aromatic heterocycles. The van der Waals surface area contributed by atoms with E-state index in [4.69, 9.17) is 20.3 Å². The van der Waals surface area contributed by atoms with Crippen LogP contribution in [0, 0.1) is 17.7 Å². The summed E-state index contributed by atoms with van der Waals surface area (Å²) >= 11 is 0. The van der Waals surface area contributed by atoms with Crippen molar-refractivity contribution < 1.29 is 9.47 Å². The number of aryl methyl sites for hydroxylation is 1. The predicted octanol–water partition coefficient (Wildman–Crippen LogP) is 2.81. The molecule has 0 aliphatic carbocycles. The van der Waals surface area contributed by atoms with Crippen LogP contribution in [0.4, 0.5) is 5.82 Å². The van der Waals surface area contributed by atoms with E-state index in [1.807, 2.05) is 19.1 Å². The number of nitrogens with one attached hydrogen (secondary N) is 3. The Morgan fingerprint density at radius 1 is 1.11 bits per heavy atom. The first-order valence-electron chi connectivity index (χ1n) is 8.14. The average molecular weight is 365 g/mol. The summed E-state index contributed by atoms with van der Waals surface area (Å²) in [5.41, 5.74) is 2.36. The van der Waals surface area contributed by atoms with Crippen LogP contribution in [0.25, 0.3) is 22.3 Å². The van der Waals surface area contributed by atoms with Crippen molar-refractivity contribution in [1.82, 2.24) is 19.9 Å². The third-order valence-electron chi connectivity index (χ3n) is 3.66. The lowest BCUT2D eigenvalue weighted by molar-refractivity contribution is 0.419. The molecule has 9 nitrogen and oxygen atoms in total. The van der Waals surface area contributed by atoms with Gasteiger partial charge in [0.1, 0.15) is 23.4 Å². The number of methoxy groups -OCH3 is 1. The number of ether oxygens (including phenoxy) is 2. The van der Waals surface area contributed by atoms with Crippen molar-refractivity contribution in [2.75, 3.05) is 19.0 Å². The molecule has 0 radical (unpaired) electrons. The lowest BCUT2D eigenvalue weighted by atomic mass is 10.1. The standard InChI is InChI=1S/C18H19N7O2/c1-10-6-21-17(22-7-10)12-4-13-16(14(5-12)26-3)24-9-25-18(13)23-8-15(20)27-11(2)19/h4-7,9,19-20H,8H2,1-3H3,(H,23,24,25). The first-order valence-corrected chi connectivity index (χ1v) is 8.14. The number of anilines is 1. The summed E-state index contributed by atoms with van der Waals surface area (Å²) in [4.78, 5) is 17.3. The second-order valence-electron chi connectivity index (χ2n) is 5.82. The number of hydrogen-bond donors (Lipinski definition) is 3. The minimum atomic E-state index is -0.0840. The van der Waals surface area contributed by atoms with Crippen LogP contribution >= 0.6 is 0 Å². The lowest BCUT2D eigenvalue weighted by Gasteiger charge is -2.12. The Morgan fingerprint density at radius 3 is 2.52 bits per heavy atom. The smallest absolute Gasteiger partial charge is 0.208 e. The average Bonchev–Trinajstić information content (AvgIpc) is 2.65. The van der Waals surface area contributed by atoms with Crippen molar-refractivity contribution >= 4 is 28.5 Å². The van der Waals surface area contributed by atoms with Gasteiger partial charge in [-0.25, -0.2) is 19.9 Å². The quantitative estimate of drug-likeness (QED) is 0.468. The van der Waals surface area contributed by atoms with Gasteiger partial charge < -0.3 is 14.8 Å². The zero-order chi connectivity index (χ0) is 19.4. The van der Waals surface area contributed by atoms with Crippen LogP contribution in [-0.4, -0.2) is 45.4 Å². The zero-order valence-electron chi connectivity index (χ0n) is 15.2. The minimum Gasteiger partial charge on any atom is -0.494 e. The normalized spacial score (nSPS) is 10.5. The summed E-state index contributed by atoms with van der Waals surface area (Å²) in [6, 6.07) is 3.70. The highest BCUT2D eigenvalue weighted by Gasteiger charge is 2.13. The van der Waals surface area contributed by atoms with Crippen molar-refractivity contribution in [3.63, 3.8) is 0 Å². The van der Waals surface area contributed by atoms with Crippen LogP contribution in [0.15, 0.2) is 30.9 Å². The summed E-state index contributed by atoms with van der Waals surface area (Å²) in [5.74, 6) is 1.52. The van der Waals surface area contributed by atoms with Gasteiger partial charge in [-0.05, 0) is 24.6 Å². The van der Waals surface area contributed by atoms with E-state index in [1.165, 1.54) is 13.3 Å². The highest BCUT2D eigenvalue weighted by Crippen LogP contribution is 2.32. The molecule has 0 saturated carbocycles. The minimum absolute atomic E-state index is 0.0465. The van der Waals surface area contributed by atoms with Gasteiger partial charge in [-0.3, -0.25) is 10.8 Å². The van der Waals surface area contributed by atoms with Crippen LogP contribution in [-0.2, 0) is 4.74 Å². The third-order valence-corrected chi connectivity index (χ3v) is 3.66. The van der Waals surface area contributed by atoms with Gasteiger partial charge in [0.2, 0.25) is 5.90 Å². The van der Waals surface area contributed by atoms with Crippen LogP contribution in [0.5, 0.6) is 5.75 Å². The van der Waals surface area contributed by atoms with E-state index >= 15 is 0 Å². The fraction of sp³-hybridized carbons (Fsp3) is 0.222. The van der Waals surface area contributed by atoms with Crippen LogP contribution in [0.1, 0.15) is 12.5 Å². The molecule has 0 fully saturated rings. The molecule has 0 spiro atoms. The fourth-order valence-corrected chi connectivity index (χ4v) is 2.49. The molecule has 0 unspecified atom stereocenters. The number of benzene rings is 1. The van der Waals surface area contributed by atoms with E-state index in [2.05, 4.69) is 25.3 Å². The molecule has 0 atom stereocenters.